The number of benzene rings is 2. The Hall–Kier alpha value is -2.20. The van der Waals surface area contributed by atoms with Crippen LogP contribution in [-0.2, 0) is 0 Å². The Morgan fingerprint density at radius 3 is 2.56 bits per heavy atom. The predicted octanol–water partition coefficient (Wildman–Crippen LogP) is 4.28. The van der Waals surface area contributed by atoms with E-state index in [2.05, 4.69) is 44.0 Å². The minimum atomic E-state index is 0.298. The summed E-state index contributed by atoms with van der Waals surface area (Å²) in [5.41, 5.74) is 2.48. The van der Waals surface area contributed by atoms with Crippen LogP contribution in [0.2, 0.25) is 0 Å². The summed E-state index contributed by atoms with van der Waals surface area (Å²) in [6.45, 7) is 4.49. The zero-order valence-corrected chi connectivity index (χ0v) is 10.7. The predicted molar refractivity (Wildman–Crippen MR) is 77.6 cm³/mol. The quantitative estimate of drug-likeness (QED) is 0.723. The molecule has 2 aromatic carbocycles. The van der Waals surface area contributed by atoms with E-state index in [0.29, 0.717) is 6.61 Å². The second-order valence-corrected chi connectivity index (χ2v) is 4.41. The molecule has 0 spiro atoms. The van der Waals surface area contributed by atoms with Crippen molar-refractivity contribution in [3.8, 4) is 18.1 Å². The first-order valence-electron chi connectivity index (χ1n) is 5.95. The summed E-state index contributed by atoms with van der Waals surface area (Å²) in [5.74, 6) is 3.34. The third-order valence-corrected chi connectivity index (χ3v) is 2.67. The highest BCUT2D eigenvalue weighted by Crippen LogP contribution is 2.29. The molecule has 0 aliphatic rings. The van der Waals surface area contributed by atoms with Crippen molar-refractivity contribution in [2.45, 2.75) is 13.8 Å². The van der Waals surface area contributed by atoms with Gasteiger partial charge in [0.05, 0.1) is 0 Å². The van der Waals surface area contributed by atoms with Gasteiger partial charge in [-0.25, -0.2) is 0 Å². The molecule has 0 saturated carbocycles. The lowest BCUT2D eigenvalue weighted by atomic mass is 10.0. The highest BCUT2D eigenvalue weighted by molar-refractivity contribution is 5.95. The van der Waals surface area contributed by atoms with E-state index < -0.39 is 0 Å². The Kier molecular flexibility index (Phi) is 3.69. The van der Waals surface area contributed by atoms with E-state index in [9.17, 15) is 0 Å². The van der Waals surface area contributed by atoms with Crippen molar-refractivity contribution < 1.29 is 4.74 Å². The molecular formula is C17H16O. The molecule has 2 aromatic rings. The van der Waals surface area contributed by atoms with Crippen LogP contribution in [-0.4, -0.2) is 6.61 Å². The van der Waals surface area contributed by atoms with Crippen LogP contribution in [0.25, 0.3) is 16.8 Å². The lowest BCUT2D eigenvalue weighted by Crippen LogP contribution is -1.94. The average Bonchev–Trinajstić information content (AvgIpc) is 2.37. The van der Waals surface area contributed by atoms with Gasteiger partial charge >= 0.3 is 0 Å². The number of rotatable bonds is 3. The molecule has 18 heavy (non-hydrogen) atoms. The van der Waals surface area contributed by atoms with Crippen LogP contribution < -0.4 is 4.74 Å². The number of ether oxygens (including phenoxy) is 1. The fraction of sp³-hybridized carbons (Fsp3) is 0.176. The van der Waals surface area contributed by atoms with Gasteiger partial charge < -0.3 is 4.74 Å². The Morgan fingerprint density at radius 1 is 1.17 bits per heavy atom. The Balaban J connectivity index is 2.59. The second kappa shape index (κ2) is 5.42. The summed E-state index contributed by atoms with van der Waals surface area (Å²) >= 11 is 0. The lowest BCUT2D eigenvalue weighted by molar-refractivity contribution is 0.375. The minimum Gasteiger partial charge on any atom is -0.480 e. The largest absolute Gasteiger partial charge is 0.480 e. The molecule has 0 bridgehead atoms. The summed E-state index contributed by atoms with van der Waals surface area (Å²) in [6, 6.07) is 12.3. The van der Waals surface area contributed by atoms with Crippen molar-refractivity contribution in [2.24, 2.45) is 0 Å². The van der Waals surface area contributed by atoms with E-state index in [-0.39, 0.29) is 0 Å². The number of hydrogen-bond acceptors (Lipinski definition) is 1. The van der Waals surface area contributed by atoms with Crippen molar-refractivity contribution in [2.75, 3.05) is 6.61 Å². The van der Waals surface area contributed by atoms with Crippen LogP contribution in [0.1, 0.15) is 19.4 Å². The fourth-order valence-electron chi connectivity index (χ4n) is 1.98. The molecule has 0 N–H and O–H groups in total. The summed E-state index contributed by atoms with van der Waals surface area (Å²) in [4.78, 5) is 0. The molecule has 0 aliphatic heterocycles. The van der Waals surface area contributed by atoms with Crippen molar-refractivity contribution in [3.63, 3.8) is 0 Å². The molecule has 1 nitrogen and oxygen atoms in total. The van der Waals surface area contributed by atoms with Crippen molar-refractivity contribution in [1.82, 2.24) is 0 Å². The molecule has 0 aliphatic carbocycles. The van der Waals surface area contributed by atoms with Gasteiger partial charge in [0.2, 0.25) is 0 Å². The first kappa shape index (κ1) is 12.3. The van der Waals surface area contributed by atoms with Gasteiger partial charge in [0.1, 0.15) is 12.4 Å². The normalized spacial score (nSPS) is 9.83. The zero-order chi connectivity index (χ0) is 13.0. The smallest absolute Gasteiger partial charge is 0.148 e. The number of allylic oxidation sites excluding steroid dienone is 1. The maximum Gasteiger partial charge on any atom is 0.148 e. The number of fused-ring (bicyclic) bond motifs is 1. The van der Waals surface area contributed by atoms with Crippen LogP contribution in [0.4, 0.5) is 0 Å². The van der Waals surface area contributed by atoms with Gasteiger partial charge in [-0.15, -0.1) is 6.42 Å². The summed E-state index contributed by atoms with van der Waals surface area (Å²) in [6.07, 6.45) is 7.41. The molecule has 90 valence electrons. The van der Waals surface area contributed by atoms with Crippen LogP contribution >= 0.6 is 0 Å². The number of hydrogen-bond donors (Lipinski definition) is 0. The molecule has 1 heteroatoms. The topological polar surface area (TPSA) is 9.23 Å². The molecule has 0 radical (unpaired) electrons. The van der Waals surface area contributed by atoms with E-state index in [1.54, 1.807) is 0 Å². The monoisotopic (exact) mass is 236 g/mol. The van der Waals surface area contributed by atoms with Gasteiger partial charge in [0.15, 0.2) is 0 Å². The SMILES string of the molecule is C#CCOc1ccc(C=C(C)C)c2ccccc12. The van der Waals surface area contributed by atoms with Gasteiger partial charge in [-0.2, -0.15) is 0 Å². The van der Waals surface area contributed by atoms with Gasteiger partial charge in [0, 0.05) is 5.39 Å². The maximum absolute atomic E-state index is 5.57. The molecule has 0 heterocycles. The highest BCUT2D eigenvalue weighted by Gasteiger charge is 2.04. The molecule has 0 saturated heterocycles. The van der Waals surface area contributed by atoms with Crippen LogP contribution in [0.15, 0.2) is 42.0 Å². The maximum atomic E-state index is 5.57. The zero-order valence-electron chi connectivity index (χ0n) is 10.7. The van der Waals surface area contributed by atoms with E-state index in [4.69, 9.17) is 11.2 Å². The average molecular weight is 236 g/mol. The van der Waals surface area contributed by atoms with Gasteiger partial charge in [-0.05, 0) is 30.9 Å². The minimum absolute atomic E-state index is 0.298. The van der Waals surface area contributed by atoms with Crippen LogP contribution in [0.3, 0.4) is 0 Å². The summed E-state index contributed by atoms with van der Waals surface area (Å²) < 4.78 is 5.57. The van der Waals surface area contributed by atoms with Gasteiger partial charge in [-0.1, -0.05) is 47.9 Å². The van der Waals surface area contributed by atoms with Crippen LogP contribution in [0.5, 0.6) is 5.75 Å². The second-order valence-electron chi connectivity index (χ2n) is 4.41. The van der Waals surface area contributed by atoms with Crippen molar-refractivity contribution in [3.05, 3.63) is 47.5 Å². The fourth-order valence-corrected chi connectivity index (χ4v) is 1.98. The van der Waals surface area contributed by atoms with Crippen molar-refractivity contribution >= 4 is 16.8 Å². The van der Waals surface area contributed by atoms with Gasteiger partial charge in [0.25, 0.3) is 0 Å². The van der Waals surface area contributed by atoms with Gasteiger partial charge in [-0.3, -0.25) is 0 Å². The Labute approximate surface area is 108 Å². The molecule has 2 rings (SSSR count). The molecule has 0 unspecified atom stereocenters. The van der Waals surface area contributed by atoms with E-state index in [0.717, 1.165) is 11.1 Å². The standard InChI is InChI=1S/C17H16O/c1-4-11-18-17-10-9-14(12-13(2)3)15-7-5-6-8-16(15)17/h1,5-10,12H,11H2,2-3H3. The first-order chi connectivity index (χ1) is 8.72. The molecular weight excluding hydrogens is 220 g/mol. The molecule has 0 atom stereocenters. The van der Waals surface area contributed by atoms with E-state index in [1.165, 1.54) is 16.5 Å². The summed E-state index contributed by atoms with van der Waals surface area (Å²) in [5, 5.41) is 2.29. The Morgan fingerprint density at radius 2 is 1.89 bits per heavy atom. The summed E-state index contributed by atoms with van der Waals surface area (Å²) in [7, 11) is 0. The molecule has 0 amide bonds. The van der Waals surface area contributed by atoms with E-state index in [1.807, 2.05) is 18.2 Å². The molecule has 0 aromatic heterocycles. The number of terminal acetylenes is 1. The first-order valence-corrected chi connectivity index (χ1v) is 5.95. The third kappa shape index (κ3) is 2.55. The highest BCUT2D eigenvalue weighted by atomic mass is 16.5. The van der Waals surface area contributed by atoms with Crippen molar-refractivity contribution in [1.29, 1.82) is 0 Å². The Bertz CT molecular complexity index is 626. The third-order valence-electron chi connectivity index (χ3n) is 2.67. The lowest BCUT2D eigenvalue weighted by Gasteiger charge is -2.09. The van der Waals surface area contributed by atoms with E-state index >= 15 is 0 Å². The van der Waals surface area contributed by atoms with Crippen LogP contribution in [0, 0.1) is 12.3 Å². The molecule has 0 fully saturated rings.